The van der Waals surface area contributed by atoms with Crippen LogP contribution in [-0.4, -0.2) is 18.8 Å². The van der Waals surface area contributed by atoms with E-state index in [0.717, 1.165) is 6.29 Å². The van der Waals surface area contributed by atoms with Gasteiger partial charge in [-0.1, -0.05) is 19.3 Å². The predicted molar refractivity (Wildman–Crippen MR) is 78.2 cm³/mol. The summed E-state index contributed by atoms with van der Waals surface area (Å²) < 4.78 is 5.81. The number of anilines is 1. The normalized spacial score (nSPS) is 15.7. The molecule has 20 heavy (non-hydrogen) atoms. The summed E-state index contributed by atoms with van der Waals surface area (Å²) >= 11 is 0. The highest BCUT2D eigenvalue weighted by molar-refractivity contribution is 5.90. The van der Waals surface area contributed by atoms with Gasteiger partial charge in [0.15, 0.2) is 6.29 Å². The molecule has 4 heteroatoms. The van der Waals surface area contributed by atoms with E-state index in [1.165, 1.54) is 39.0 Å². The molecule has 108 valence electrons. The van der Waals surface area contributed by atoms with E-state index in [1.807, 2.05) is 0 Å². The maximum atomic E-state index is 11.1. The first-order valence-electron chi connectivity index (χ1n) is 7.18. The van der Waals surface area contributed by atoms with E-state index < -0.39 is 0 Å². The fraction of sp³-hybridized carbons (Fsp3) is 0.500. The first-order valence-corrected chi connectivity index (χ1v) is 7.18. The lowest BCUT2D eigenvalue weighted by Gasteiger charge is -2.22. The summed E-state index contributed by atoms with van der Waals surface area (Å²) in [5, 5.41) is 2.70. The second-order valence-electron chi connectivity index (χ2n) is 5.37. The van der Waals surface area contributed by atoms with Crippen LogP contribution in [0.4, 0.5) is 5.69 Å². The summed E-state index contributed by atoms with van der Waals surface area (Å²) in [4.78, 5) is 22.1. The van der Waals surface area contributed by atoms with Gasteiger partial charge in [0.1, 0.15) is 5.75 Å². The molecule has 1 amide bonds. The third kappa shape index (κ3) is 4.08. The minimum atomic E-state index is -0.137. The molecule has 0 aliphatic heterocycles. The Morgan fingerprint density at radius 1 is 1.35 bits per heavy atom. The molecule has 0 bridgehead atoms. The Labute approximate surface area is 119 Å². The molecule has 0 heterocycles. The number of rotatable bonds is 5. The van der Waals surface area contributed by atoms with Crippen molar-refractivity contribution in [3.63, 3.8) is 0 Å². The third-order valence-electron chi connectivity index (χ3n) is 3.66. The lowest BCUT2D eigenvalue weighted by Crippen LogP contribution is -2.16. The van der Waals surface area contributed by atoms with Gasteiger partial charge in [-0.05, 0) is 30.9 Å². The van der Waals surface area contributed by atoms with Crippen LogP contribution in [0.2, 0.25) is 0 Å². The fourth-order valence-corrected chi connectivity index (χ4v) is 2.60. The van der Waals surface area contributed by atoms with Crippen molar-refractivity contribution in [1.29, 1.82) is 0 Å². The maximum absolute atomic E-state index is 11.1. The van der Waals surface area contributed by atoms with Gasteiger partial charge < -0.3 is 10.1 Å². The van der Waals surface area contributed by atoms with E-state index in [9.17, 15) is 9.59 Å². The number of nitrogens with one attached hydrogen (secondary N) is 1. The lowest BCUT2D eigenvalue weighted by molar-refractivity contribution is -0.114. The molecule has 1 aromatic carbocycles. The number of aldehydes is 1. The molecule has 2 rings (SSSR count). The monoisotopic (exact) mass is 275 g/mol. The molecule has 1 aliphatic carbocycles. The van der Waals surface area contributed by atoms with Gasteiger partial charge in [0.05, 0.1) is 12.2 Å². The Hall–Kier alpha value is -1.84. The summed E-state index contributed by atoms with van der Waals surface area (Å²) in [6.07, 6.45) is 7.02. The zero-order valence-corrected chi connectivity index (χ0v) is 11.9. The van der Waals surface area contributed by atoms with Crippen molar-refractivity contribution in [2.24, 2.45) is 5.92 Å². The third-order valence-corrected chi connectivity index (χ3v) is 3.66. The van der Waals surface area contributed by atoms with Crippen LogP contribution in [0.5, 0.6) is 5.75 Å². The van der Waals surface area contributed by atoms with Crippen LogP contribution in [0.3, 0.4) is 0 Å². The van der Waals surface area contributed by atoms with Crippen LogP contribution in [0, 0.1) is 5.92 Å². The summed E-state index contributed by atoms with van der Waals surface area (Å²) in [5.41, 5.74) is 1.18. The highest BCUT2D eigenvalue weighted by Gasteiger charge is 2.15. The average Bonchev–Trinajstić information content (AvgIpc) is 2.46. The molecule has 0 saturated heterocycles. The number of carbonyl (C=O) groups is 2. The molecule has 0 atom stereocenters. The SMILES string of the molecule is CC(=O)Nc1ccc(C=O)c(OCC2CCCCC2)c1. The van der Waals surface area contributed by atoms with Crippen molar-refractivity contribution in [3.05, 3.63) is 23.8 Å². The molecule has 0 aromatic heterocycles. The predicted octanol–water partition coefficient (Wildman–Crippen LogP) is 3.42. The molecule has 1 aliphatic rings. The Kier molecular flexibility index (Phi) is 5.16. The molecule has 1 saturated carbocycles. The lowest BCUT2D eigenvalue weighted by atomic mass is 9.90. The van der Waals surface area contributed by atoms with Gasteiger partial charge in [0.2, 0.25) is 5.91 Å². The van der Waals surface area contributed by atoms with Crippen molar-refractivity contribution < 1.29 is 14.3 Å². The van der Waals surface area contributed by atoms with Gasteiger partial charge in [0.25, 0.3) is 0 Å². The van der Waals surface area contributed by atoms with E-state index in [-0.39, 0.29) is 5.91 Å². The molecule has 0 unspecified atom stereocenters. The van der Waals surface area contributed by atoms with Crippen molar-refractivity contribution in [3.8, 4) is 5.75 Å². The Morgan fingerprint density at radius 3 is 2.75 bits per heavy atom. The summed E-state index contributed by atoms with van der Waals surface area (Å²) in [6, 6.07) is 5.10. The van der Waals surface area contributed by atoms with Crippen LogP contribution in [0.15, 0.2) is 18.2 Å². The van der Waals surface area contributed by atoms with Crippen LogP contribution in [0.25, 0.3) is 0 Å². The molecule has 4 nitrogen and oxygen atoms in total. The molecule has 1 fully saturated rings. The standard InChI is InChI=1S/C16H21NO3/c1-12(19)17-15-8-7-14(10-18)16(9-15)20-11-13-5-3-2-4-6-13/h7-10,13H,2-6,11H2,1H3,(H,17,19). The van der Waals surface area contributed by atoms with Gasteiger partial charge in [-0.25, -0.2) is 0 Å². The van der Waals surface area contributed by atoms with E-state index >= 15 is 0 Å². The molecular weight excluding hydrogens is 254 g/mol. The largest absolute Gasteiger partial charge is 0.492 e. The highest BCUT2D eigenvalue weighted by atomic mass is 16.5. The second-order valence-corrected chi connectivity index (χ2v) is 5.37. The van der Waals surface area contributed by atoms with Crippen molar-refractivity contribution >= 4 is 17.9 Å². The minimum Gasteiger partial charge on any atom is -0.492 e. The Bertz CT molecular complexity index is 479. The van der Waals surface area contributed by atoms with Gasteiger partial charge in [0, 0.05) is 18.7 Å². The van der Waals surface area contributed by atoms with Gasteiger partial charge in [-0.15, -0.1) is 0 Å². The number of amides is 1. The van der Waals surface area contributed by atoms with Crippen molar-refractivity contribution in [1.82, 2.24) is 0 Å². The zero-order chi connectivity index (χ0) is 14.4. The first-order chi connectivity index (χ1) is 9.69. The number of hydrogen-bond acceptors (Lipinski definition) is 3. The highest BCUT2D eigenvalue weighted by Crippen LogP contribution is 2.27. The van der Waals surface area contributed by atoms with Crippen molar-refractivity contribution in [2.75, 3.05) is 11.9 Å². The van der Waals surface area contributed by atoms with Gasteiger partial charge in [-0.2, -0.15) is 0 Å². The molecule has 0 radical (unpaired) electrons. The molecular formula is C16H21NO3. The molecule has 0 spiro atoms. The summed E-state index contributed by atoms with van der Waals surface area (Å²) in [5.74, 6) is 0.992. The maximum Gasteiger partial charge on any atom is 0.221 e. The molecule has 1 N–H and O–H groups in total. The van der Waals surface area contributed by atoms with E-state index in [0.29, 0.717) is 29.5 Å². The van der Waals surface area contributed by atoms with Gasteiger partial charge in [-0.3, -0.25) is 9.59 Å². The topological polar surface area (TPSA) is 55.4 Å². The average molecular weight is 275 g/mol. The van der Waals surface area contributed by atoms with Crippen LogP contribution < -0.4 is 10.1 Å². The quantitative estimate of drug-likeness (QED) is 0.838. The second kappa shape index (κ2) is 7.08. The minimum absolute atomic E-state index is 0.137. The van der Waals surface area contributed by atoms with Crippen molar-refractivity contribution in [2.45, 2.75) is 39.0 Å². The Morgan fingerprint density at radius 2 is 2.10 bits per heavy atom. The van der Waals surface area contributed by atoms with E-state index in [2.05, 4.69) is 5.32 Å². The number of hydrogen-bond donors (Lipinski definition) is 1. The van der Waals surface area contributed by atoms with E-state index in [1.54, 1.807) is 18.2 Å². The van der Waals surface area contributed by atoms with Crippen LogP contribution >= 0.6 is 0 Å². The molecule has 1 aromatic rings. The zero-order valence-electron chi connectivity index (χ0n) is 11.9. The Balaban J connectivity index is 2.03. The van der Waals surface area contributed by atoms with Gasteiger partial charge >= 0.3 is 0 Å². The first kappa shape index (κ1) is 14.6. The number of carbonyl (C=O) groups excluding carboxylic acids is 2. The fourth-order valence-electron chi connectivity index (χ4n) is 2.60. The smallest absolute Gasteiger partial charge is 0.221 e. The number of ether oxygens (including phenoxy) is 1. The van der Waals surface area contributed by atoms with E-state index in [4.69, 9.17) is 4.74 Å². The number of benzene rings is 1. The summed E-state index contributed by atoms with van der Waals surface area (Å²) in [6.45, 7) is 2.10. The summed E-state index contributed by atoms with van der Waals surface area (Å²) in [7, 11) is 0. The van der Waals surface area contributed by atoms with Crippen LogP contribution in [0.1, 0.15) is 49.4 Å². The van der Waals surface area contributed by atoms with Crippen LogP contribution in [-0.2, 0) is 4.79 Å².